The number of aromatic nitrogens is 3. The van der Waals surface area contributed by atoms with Crippen LogP contribution in [0, 0.1) is 0 Å². The van der Waals surface area contributed by atoms with Crippen molar-refractivity contribution in [2.45, 2.75) is 5.16 Å². The maximum atomic E-state index is 12.9. The molecule has 2 amide bonds. The first-order chi connectivity index (χ1) is 18.1. The van der Waals surface area contributed by atoms with Crippen LogP contribution in [0.15, 0.2) is 94.8 Å². The Morgan fingerprint density at radius 2 is 1.65 bits per heavy atom. The number of hydrogen-bond donors (Lipinski definition) is 2. The van der Waals surface area contributed by atoms with E-state index in [1.807, 2.05) is 88.4 Å². The van der Waals surface area contributed by atoms with Crippen molar-refractivity contribution in [3.63, 3.8) is 0 Å². The Hall–Kier alpha value is -3.63. The highest BCUT2D eigenvalue weighted by Gasteiger charge is 2.24. The van der Waals surface area contributed by atoms with Gasteiger partial charge in [0.15, 0.2) is 5.69 Å². The molecular weight excluding hydrogens is 552 g/mol. The zero-order chi connectivity index (χ0) is 25.6. The Morgan fingerprint density at radius 1 is 0.946 bits per heavy atom. The van der Waals surface area contributed by atoms with Gasteiger partial charge in [-0.3, -0.25) is 9.59 Å². The molecule has 0 aliphatic carbocycles. The highest BCUT2D eigenvalue weighted by Crippen LogP contribution is 2.22. The predicted octanol–water partition coefficient (Wildman–Crippen LogP) is 4.14. The summed E-state index contributed by atoms with van der Waals surface area (Å²) in [6, 6.07) is 25.2. The maximum absolute atomic E-state index is 12.9. The Balaban J connectivity index is 1.11. The van der Waals surface area contributed by atoms with E-state index in [1.54, 1.807) is 6.33 Å². The first-order valence-corrected chi connectivity index (χ1v) is 13.7. The highest BCUT2D eigenvalue weighted by atomic mass is 79.9. The lowest BCUT2D eigenvalue weighted by Gasteiger charge is -2.36. The standard InChI is InChI=1S/C27H25BrN6O2S/c28-24-9-5-4-8-23(24)26(36)33-16-14-32(15-17-33)21-12-10-20(11-13-21)31-25(35)18-37-27-29-19-30-34(27)22-6-2-1-3-7-22/h1-13,19H,14-18H2,(H,31,35)/p+1. The molecule has 1 fully saturated rings. The van der Waals surface area contributed by atoms with Gasteiger partial charge >= 0.3 is 5.16 Å². The molecule has 0 atom stereocenters. The van der Waals surface area contributed by atoms with Gasteiger partial charge in [0.2, 0.25) is 12.2 Å². The van der Waals surface area contributed by atoms with Crippen molar-refractivity contribution in [2.75, 3.05) is 42.1 Å². The van der Waals surface area contributed by atoms with Crippen molar-refractivity contribution < 1.29 is 14.3 Å². The summed E-state index contributed by atoms with van der Waals surface area (Å²) < 4.78 is 2.66. The molecule has 2 N–H and O–H groups in total. The van der Waals surface area contributed by atoms with E-state index < -0.39 is 0 Å². The molecule has 10 heteroatoms. The van der Waals surface area contributed by atoms with Crippen LogP contribution in [0.4, 0.5) is 11.4 Å². The van der Waals surface area contributed by atoms with Crippen molar-refractivity contribution in [1.82, 2.24) is 15.0 Å². The minimum Gasteiger partial charge on any atom is -0.368 e. The third-order valence-electron chi connectivity index (χ3n) is 6.09. The van der Waals surface area contributed by atoms with E-state index >= 15 is 0 Å². The zero-order valence-electron chi connectivity index (χ0n) is 20.0. The van der Waals surface area contributed by atoms with Gasteiger partial charge in [0.05, 0.1) is 11.3 Å². The number of para-hydroxylation sites is 1. The van der Waals surface area contributed by atoms with Crippen LogP contribution in [0.5, 0.6) is 0 Å². The van der Waals surface area contributed by atoms with Gasteiger partial charge in [-0.2, -0.15) is 5.10 Å². The molecule has 5 rings (SSSR count). The minimum absolute atomic E-state index is 0.0483. The topological polar surface area (TPSA) is 85.2 Å². The molecule has 1 saturated heterocycles. The number of anilines is 2. The molecule has 0 radical (unpaired) electrons. The highest BCUT2D eigenvalue weighted by molar-refractivity contribution is 9.10. The van der Waals surface area contributed by atoms with Crippen LogP contribution in [0.25, 0.3) is 5.69 Å². The lowest BCUT2D eigenvalue weighted by Crippen LogP contribution is -2.48. The number of H-pyrrole nitrogens is 1. The Bertz CT molecular complexity index is 1370. The van der Waals surface area contributed by atoms with Crippen LogP contribution in [0.3, 0.4) is 0 Å². The molecule has 37 heavy (non-hydrogen) atoms. The number of nitrogens with one attached hydrogen (secondary N) is 2. The third-order valence-corrected chi connectivity index (χ3v) is 7.73. The molecule has 0 unspecified atom stereocenters. The lowest BCUT2D eigenvalue weighted by atomic mass is 10.1. The monoisotopic (exact) mass is 577 g/mol. The van der Waals surface area contributed by atoms with Crippen LogP contribution >= 0.6 is 27.7 Å². The second-order valence-electron chi connectivity index (χ2n) is 8.48. The van der Waals surface area contributed by atoms with Crippen molar-refractivity contribution in [3.8, 4) is 5.69 Å². The molecule has 1 aliphatic rings. The Kier molecular flexibility index (Phi) is 7.86. The number of hydrogen-bond acceptors (Lipinski definition) is 5. The first kappa shape index (κ1) is 25.0. The van der Waals surface area contributed by atoms with Gasteiger partial charge in [0.1, 0.15) is 0 Å². The number of amides is 2. The lowest BCUT2D eigenvalue weighted by molar-refractivity contribution is -0.694. The quantitative estimate of drug-likeness (QED) is 0.255. The molecule has 8 nitrogen and oxygen atoms in total. The van der Waals surface area contributed by atoms with E-state index in [4.69, 9.17) is 0 Å². The molecule has 0 saturated carbocycles. The fraction of sp³-hybridized carbons (Fsp3) is 0.185. The van der Waals surface area contributed by atoms with Gasteiger partial charge in [-0.15, -0.1) is 4.68 Å². The van der Waals surface area contributed by atoms with E-state index in [1.165, 1.54) is 11.8 Å². The number of rotatable bonds is 7. The third kappa shape index (κ3) is 6.03. The minimum atomic E-state index is -0.0976. The Labute approximate surface area is 227 Å². The molecule has 0 bridgehead atoms. The predicted molar refractivity (Wildman–Crippen MR) is 148 cm³/mol. The maximum Gasteiger partial charge on any atom is 0.385 e. The van der Waals surface area contributed by atoms with Gasteiger partial charge in [0.25, 0.3) is 5.91 Å². The van der Waals surface area contributed by atoms with Gasteiger partial charge < -0.3 is 15.1 Å². The Morgan fingerprint density at radius 3 is 2.38 bits per heavy atom. The number of halogens is 1. The fourth-order valence-corrected chi connectivity index (χ4v) is 5.38. The molecule has 3 aromatic carbocycles. The summed E-state index contributed by atoms with van der Waals surface area (Å²) in [5, 5.41) is 6.75. The fourth-order valence-electron chi connectivity index (χ4n) is 4.17. The average molecular weight is 579 g/mol. The molecule has 1 aromatic heterocycles. The summed E-state index contributed by atoms with van der Waals surface area (Å²) in [5.41, 5.74) is 3.46. The summed E-state index contributed by atoms with van der Waals surface area (Å²) in [5.74, 6) is 0.194. The SMILES string of the molecule is O=C(CSc1nc[nH][n+]1-c1ccccc1)Nc1ccc(N2CCN(C(=O)c3ccccc3Br)CC2)cc1. The number of piperazine rings is 1. The van der Waals surface area contributed by atoms with Crippen molar-refractivity contribution in [2.24, 2.45) is 0 Å². The zero-order valence-corrected chi connectivity index (χ0v) is 22.4. The van der Waals surface area contributed by atoms with E-state index in [-0.39, 0.29) is 17.6 Å². The summed E-state index contributed by atoms with van der Waals surface area (Å²) in [4.78, 5) is 33.9. The second-order valence-corrected chi connectivity index (χ2v) is 10.3. The number of carbonyl (C=O) groups excluding carboxylic acids is 2. The van der Waals surface area contributed by atoms with Gasteiger partial charge in [-0.1, -0.05) is 30.3 Å². The van der Waals surface area contributed by atoms with Gasteiger partial charge in [0, 0.05) is 42.0 Å². The van der Waals surface area contributed by atoms with Crippen LogP contribution in [-0.4, -0.2) is 58.7 Å². The van der Waals surface area contributed by atoms with Crippen LogP contribution in [0.2, 0.25) is 0 Å². The van der Waals surface area contributed by atoms with Crippen LogP contribution < -0.4 is 14.9 Å². The van der Waals surface area contributed by atoms with Crippen LogP contribution in [0.1, 0.15) is 10.4 Å². The molecule has 0 spiro atoms. The summed E-state index contributed by atoms with van der Waals surface area (Å²) in [7, 11) is 0. The number of benzene rings is 3. The summed E-state index contributed by atoms with van der Waals surface area (Å²) in [6.45, 7) is 2.82. The summed E-state index contributed by atoms with van der Waals surface area (Å²) in [6.07, 6.45) is 1.61. The van der Waals surface area contributed by atoms with Gasteiger partial charge in [-0.25, -0.2) is 0 Å². The van der Waals surface area contributed by atoms with Gasteiger partial charge in [-0.05, 0) is 81.2 Å². The van der Waals surface area contributed by atoms with E-state index in [9.17, 15) is 9.59 Å². The number of carbonyl (C=O) groups is 2. The van der Waals surface area contributed by atoms with Crippen molar-refractivity contribution in [3.05, 3.63) is 95.2 Å². The second kappa shape index (κ2) is 11.6. The van der Waals surface area contributed by atoms with E-state index in [2.05, 4.69) is 36.2 Å². The van der Waals surface area contributed by atoms with Crippen molar-refractivity contribution in [1.29, 1.82) is 0 Å². The number of aromatic amines is 1. The number of nitrogens with zero attached hydrogens (tertiary/aromatic N) is 4. The molecule has 188 valence electrons. The van der Waals surface area contributed by atoms with E-state index in [0.29, 0.717) is 23.8 Å². The van der Waals surface area contributed by atoms with E-state index in [0.717, 1.165) is 34.6 Å². The normalized spacial score (nSPS) is 13.4. The number of thioether (sulfide) groups is 1. The largest absolute Gasteiger partial charge is 0.385 e. The van der Waals surface area contributed by atoms with Crippen molar-refractivity contribution >= 4 is 50.9 Å². The average Bonchev–Trinajstić information content (AvgIpc) is 3.42. The summed E-state index contributed by atoms with van der Waals surface area (Å²) >= 11 is 4.84. The van der Waals surface area contributed by atoms with Crippen LogP contribution in [-0.2, 0) is 4.79 Å². The molecule has 2 heterocycles. The first-order valence-electron chi connectivity index (χ1n) is 11.9. The smallest absolute Gasteiger partial charge is 0.368 e. The molecule has 4 aromatic rings. The molecular formula is C27H26BrN6O2S+. The molecule has 1 aliphatic heterocycles.